The van der Waals surface area contributed by atoms with Crippen molar-refractivity contribution in [2.24, 2.45) is 0 Å². The maximum absolute atomic E-state index is 6.06. The minimum absolute atomic E-state index is 0.0689. The van der Waals surface area contributed by atoms with Crippen LogP contribution in [-0.2, 0) is 15.5 Å². The molecule has 0 bridgehead atoms. The van der Waals surface area contributed by atoms with Crippen molar-refractivity contribution in [3.05, 3.63) is 35.4 Å². The van der Waals surface area contributed by atoms with Gasteiger partial charge in [-0.05, 0) is 16.2 Å². The maximum Gasteiger partial charge on any atom is 0.0557 e. The highest BCUT2D eigenvalue weighted by Crippen LogP contribution is 2.30. The number of benzene rings is 1. The van der Waals surface area contributed by atoms with E-state index in [1.165, 1.54) is 11.1 Å². The first kappa shape index (κ1) is 17.9. The number of rotatable bonds is 7. The van der Waals surface area contributed by atoms with Gasteiger partial charge in [-0.3, -0.25) is 0 Å². The molecule has 1 aromatic rings. The normalized spacial score (nSPS) is 13.0. The predicted octanol–water partition coefficient (Wildman–Crippen LogP) is 5.14. The number of hydrogen-bond acceptors (Lipinski definition) is 1. The van der Waals surface area contributed by atoms with E-state index in [1.54, 1.807) is 0 Å². The van der Waals surface area contributed by atoms with Gasteiger partial charge < -0.3 is 4.74 Å². The van der Waals surface area contributed by atoms with Crippen LogP contribution in [0.25, 0.3) is 0 Å². The number of halogens is 1. The molecule has 3 heteroatoms. The summed E-state index contributed by atoms with van der Waals surface area (Å²) < 4.78 is 6.06. The van der Waals surface area contributed by atoms with Crippen LogP contribution in [0.4, 0.5) is 0 Å². The van der Waals surface area contributed by atoms with Gasteiger partial charge in [-0.2, -0.15) is 0 Å². The van der Waals surface area contributed by atoms with Gasteiger partial charge in [0.05, 0.1) is 6.61 Å². The number of hydrogen-bond donors (Lipinski definition) is 0. The van der Waals surface area contributed by atoms with Gasteiger partial charge in [-0.15, -0.1) is 0 Å². The van der Waals surface area contributed by atoms with Gasteiger partial charge in [-0.1, -0.05) is 81.0 Å². The van der Waals surface area contributed by atoms with Crippen molar-refractivity contribution in [2.75, 3.05) is 13.2 Å². The summed E-state index contributed by atoms with van der Waals surface area (Å²) in [5, 5.41) is 1.29. The Labute approximate surface area is 134 Å². The molecule has 1 nitrogen and oxygen atoms in total. The van der Waals surface area contributed by atoms with Crippen molar-refractivity contribution in [1.82, 2.24) is 0 Å². The van der Waals surface area contributed by atoms with Crippen LogP contribution < -0.4 is 0 Å². The highest BCUT2D eigenvalue weighted by molar-refractivity contribution is 9.08. The van der Waals surface area contributed by atoms with E-state index in [0.717, 1.165) is 18.5 Å². The lowest BCUT2D eigenvalue weighted by Crippen LogP contribution is -2.30. The fraction of sp³-hybridized carbons (Fsp3) is 0.647. The summed E-state index contributed by atoms with van der Waals surface area (Å²) in [6.07, 6.45) is 0. The molecule has 0 aliphatic heterocycles. The quantitative estimate of drug-likeness (QED) is 0.485. The second kappa shape index (κ2) is 7.23. The summed E-state index contributed by atoms with van der Waals surface area (Å²) in [4.78, 5) is 0. The van der Waals surface area contributed by atoms with Crippen LogP contribution in [0.3, 0.4) is 0 Å². The van der Waals surface area contributed by atoms with Gasteiger partial charge in [0, 0.05) is 26.1 Å². The Morgan fingerprint density at radius 3 is 2.00 bits per heavy atom. The molecule has 1 rings (SSSR count). The first-order valence-corrected chi connectivity index (χ1v) is 11.4. The van der Waals surface area contributed by atoms with E-state index in [1.807, 2.05) is 0 Å². The third-order valence-corrected chi connectivity index (χ3v) is 8.33. The number of ether oxygens (including phenoxy) is 1. The van der Waals surface area contributed by atoms with Crippen molar-refractivity contribution in [3.8, 4) is 0 Å². The molecule has 0 saturated heterocycles. The van der Waals surface area contributed by atoms with Gasteiger partial charge in [0.15, 0.2) is 0 Å². The van der Waals surface area contributed by atoms with Crippen molar-refractivity contribution in [1.29, 1.82) is 0 Å². The molecule has 0 aliphatic carbocycles. The standard InChI is InChI=1S/C17H29BrOSi/c1-16(2,12-19-13-17(3,4)20(5)6)15-9-7-14(11-18)8-10-15/h7-10,20H,11-13H2,1-6H3. The summed E-state index contributed by atoms with van der Waals surface area (Å²) in [7, 11) is -0.680. The molecule has 0 unspecified atom stereocenters. The van der Waals surface area contributed by atoms with E-state index in [2.05, 4.69) is 81.0 Å². The predicted molar refractivity (Wildman–Crippen MR) is 95.8 cm³/mol. The van der Waals surface area contributed by atoms with Gasteiger partial charge in [0.25, 0.3) is 0 Å². The van der Waals surface area contributed by atoms with Gasteiger partial charge >= 0.3 is 0 Å². The molecule has 20 heavy (non-hydrogen) atoms. The Balaban J connectivity index is 2.60. The Kier molecular flexibility index (Phi) is 6.48. The van der Waals surface area contributed by atoms with E-state index in [9.17, 15) is 0 Å². The molecule has 0 spiro atoms. The van der Waals surface area contributed by atoms with Crippen LogP contribution in [-0.4, -0.2) is 22.0 Å². The Hall–Kier alpha value is -0.123. The molecule has 1 aromatic carbocycles. The molecule has 114 valence electrons. The van der Waals surface area contributed by atoms with Crippen molar-refractivity contribution in [2.45, 2.75) is 56.6 Å². The summed E-state index contributed by atoms with van der Waals surface area (Å²) in [6, 6.07) is 8.83. The number of alkyl halides is 1. The molecular weight excluding hydrogens is 328 g/mol. The summed E-state index contributed by atoms with van der Waals surface area (Å²) in [5.41, 5.74) is 2.73. The minimum atomic E-state index is -0.680. The van der Waals surface area contributed by atoms with Crippen LogP contribution in [0.5, 0.6) is 0 Å². The lowest BCUT2D eigenvalue weighted by molar-refractivity contribution is 0.0784. The van der Waals surface area contributed by atoms with Gasteiger partial charge in [0.2, 0.25) is 0 Å². The van der Waals surface area contributed by atoms with Gasteiger partial charge in [-0.25, -0.2) is 0 Å². The fourth-order valence-corrected chi connectivity index (χ4v) is 2.69. The SMILES string of the molecule is C[SiH](C)C(C)(C)COCC(C)(C)c1ccc(CBr)cc1. The Morgan fingerprint density at radius 2 is 1.55 bits per heavy atom. The van der Waals surface area contributed by atoms with E-state index in [0.29, 0.717) is 5.04 Å². The third-order valence-electron chi connectivity index (χ3n) is 4.39. The van der Waals surface area contributed by atoms with Crippen LogP contribution >= 0.6 is 15.9 Å². The molecule has 0 radical (unpaired) electrons. The third kappa shape index (κ3) is 5.01. The molecule has 0 amide bonds. The average molecular weight is 357 g/mol. The lowest BCUT2D eigenvalue weighted by atomic mass is 9.85. The van der Waals surface area contributed by atoms with Crippen molar-refractivity contribution >= 4 is 24.7 Å². The Bertz CT molecular complexity index is 410. The first-order valence-electron chi connectivity index (χ1n) is 7.42. The summed E-state index contributed by atoms with van der Waals surface area (Å²) in [5.74, 6) is 0. The largest absolute Gasteiger partial charge is 0.380 e. The molecule has 0 heterocycles. The monoisotopic (exact) mass is 356 g/mol. The van der Waals surface area contributed by atoms with Crippen molar-refractivity contribution in [3.63, 3.8) is 0 Å². The zero-order chi connectivity index (χ0) is 15.4. The zero-order valence-electron chi connectivity index (χ0n) is 13.8. The zero-order valence-corrected chi connectivity index (χ0v) is 16.5. The average Bonchev–Trinajstić information content (AvgIpc) is 2.38. The molecule has 0 aliphatic rings. The van der Waals surface area contributed by atoms with E-state index in [4.69, 9.17) is 4.74 Å². The van der Waals surface area contributed by atoms with E-state index in [-0.39, 0.29) is 5.41 Å². The maximum atomic E-state index is 6.06. The molecule has 0 fully saturated rings. The van der Waals surface area contributed by atoms with Crippen LogP contribution in [0.15, 0.2) is 24.3 Å². The summed E-state index contributed by atoms with van der Waals surface area (Å²) >= 11 is 3.49. The highest BCUT2D eigenvalue weighted by atomic mass is 79.9. The molecule has 0 N–H and O–H groups in total. The highest BCUT2D eigenvalue weighted by Gasteiger charge is 2.26. The fourth-order valence-electron chi connectivity index (χ4n) is 1.86. The van der Waals surface area contributed by atoms with E-state index >= 15 is 0 Å². The Morgan fingerprint density at radius 1 is 1.00 bits per heavy atom. The smallest absolute Gasteiger partial charge is 0.0557 e. The molecule has 0 atom stereocenters. The molecule has 0 saturated carbocycles. The summed E-state index contributed by atoms with van der Waals surface area (Å²) in [6.45, 7) is 15.6. The van der Waals surface area contributed by atoms with Gasteiger partial charge in [0.1, 0.15) is 0 Å². The van der Waals surface area contributed by atoms with Crippen LogP contribution in [0.2, 0.25) is 18.1 Å². The second-order valence-corrected chi connectivity index (χ2v) is 11.8. The van der Waals surface area contributed by atoms with Crippen LogP contribution in [0.1, 0.15) is 38.8 Å². The van der Waals surface area contributed by atoms with Crippen molar-refractivity contribution < 1.29 is 4.74 Å². The first-order chi connectivity index (χ1) is 9.19. The topological polar surface area (TPSA) is 9.23 Å². The molecular formula is C17H29BrOSi. The lowest BCUT2D eigenvalue weighted by Gasteiger charge is -2.31. The minimum Gasteiger partial charge on any atom is -0.380 e. The molecule has 0 aromatic heterocycles. The van der Waals surface area contributed by atoms with E-state index < -0.39 is 8.80 Å². The second-order valence-electron chi connectivity index (χ2n) is 7.35. The van der Waals surface area contributed by atoms with Crippen LogP contribution in [0, 0.1) is 0 Å².